The topological polar surface area (TPSA) is 78.2 Å². The van der Waals surface area contributed by atoms with Crippen LogP contribution in [0.5, 0.6) is 0 Å². The van der Waals surface area contributed by atoms with E-state index in [-0.39, 0.29) is 18.6 Å². The first-order valence-corrected chi connectivity index (χ1v) is 5.36. The Balaban J connectivity index is 2.64. The second-order valence-corrected chi connectivity index (χ2v) is 4.10. The van der Waals surface area contributed by atoms with E-state index in [0.29, 0.717) is 4.88 Å². The molecule has 4 nitrogen and oxygen atoms in total. The zero-order chi connectivity index (χ0) is 12.0. The van der Waals surface area contributed by atoms with Crippen LogP contribution in [0.1, 0.15) is 27.4 Å². The Labute approximate surface area is 96.4 Å². The lowest BCUT2D eigenvalue weighted by molar-refractivity contribution is -0.136. The Morgan fingerprint density at radius 3 is 2.81 bits per heavy atom. The van der Waals surface area contributed by atoms with Crippen LogP contribution < -0.4 is 0 Å². The number of carboxylic acid groups (broad SMARTS) is 1. The molecular weight excluding hydrogens is 226 g/mol. The largest absolute Gasteiger partial charge is 0.481 e. The van der Waals surface area contributed by atoms with Crippen LogP contribution in [0.25, 0.3) is 6.08 Å². The summed E-state index contributed by atoms with van der Waals surface area (Å²) in [7, 11) is 0. The molecule has 1 heterocycles. The number of allylic oxidation sites excluding steroid dienone is 1. The summed E-state index contributed by atoms with van der Waals surface area (Å²) in [5, 5.41) is 16.8. The van der Waals surface area contributed by atoms with Gasteiger partial charge in [0.05, 0.1) is 17.4 Å². The van der Waals surface area contributed by atoms with Crippen LogP contribution in [-0.4, -0.2) is 16.9 Å². The standard InChI is InChI=1S/C11H9NO3S/c12-7-1-2-8-3-5-10(16-8)9(13)4-6-11(14)15/h1-3,5H,4,6H2,(H,14,15). The number of carbonyl (C=O) groups excluding carboxylic acids is 1. The summed E-state index contributed by atoms with van der Waals surface area (Å²) in [6.07, 6.45) is 2.80. The van der Waals surface area contributed by atoms with E-state index < -0.39 is 5.97 Å². The number of ketones is 1. The predicted octanol–water partition coefficient (Wildman–Crippen LogP) is 2.33. The maximum absolute atomic E-state index is 11.5. The number of rotatable bonds is 5. The van der Waals surface area contributed by atoms with Gasteiger partial charge in [0.1, 0.15) is 0 Å². The fraction of sp³-hybridized carbons (Fsp3) is 0.182. The number of aliphatic carboxylic acids is 1. The smallest absolute Gasteiger partial charge is 0.303 e. The summed E-state index contributed by atoms with van der Waals surface area (Å²) >= 11 is 1.25. The first kappa shape index (κ1) is 12.1. The highest BCUT2D eigenvalue weighted by atomic mass is 32.1. The Bertz CT molecular complexity index is 468. The molecule has 0 aliphatic carbocycles. The number of nitriles is 1. The lowest BCUT2D eigenvalue weighted by atomic mass is 10.2. The van der Waals surface area contributed by atoms with Crippen molar-refractivity contribution in [3.63, 3.8) is 0 Å². The molecule has 0 atom stereocenters. The van der Waals surface area contributed by atoms with Crippen LogP contribution in [0.4, 0.5) is 0 Å². The zero-order valence-corrected chi connectivity index (χ0v) is 9.16. The van der Waals surface area contributed by atoms with E-state index in [1.165, 1.54) is 17.4 Å². The molecule has 0 saturated carbocycles. The number of carboxylic acids is 1. The lowest BCUT2D eigenvalue weighted by Crippen LogP contribution is -2.01. The Morgan fingerprint density at radius 1 is 1.44 bits per heavy atom. The van der Waals surface area contributed by atoms with Crippen LogP contribution >= 0.6 is 11.3 Å². The van der Waals surface area contributed by atoms with Crippen molar-refractivity contribution < 1.29 is 14.7 Å². The average molecular weight is 235 g/mol. The molecule has 5 heteroatoms. The van der Waals surface area contributed by atoms with E-state index in [2.05, 4.69) is 0 Å². The predicted molar refractivity (Wildman–Crippen MR) is 60.2 cm³/mol. The van der Waals surface area contributed by atoms with Gasteiger partial charge < -0.3 is 5.11 Å². The molecule has 0 unspecified atom stereocenters. The van der Waals surface area contributed by atoms with Crippen molar-refractivity contribution in [2.24, 2.45) is 0 Å². The molecule has 82 valence electrons. The number of hydrogen-bond acceptors (Lipinski definition) is 4. The fourth-order valence-corrected chi connectivity index (χ4v) is 1.93. The minimum atomic E-state index is -0.977. The highest BCUT2D eigenvalue weighted by molar-refractivity contribution is 7.14. The molecule has 0 aliphatic heterocycles. The van der Waals surface area contributed by atoms with Crippen molar-refractivity contribution in [1.82, 2.24) is 0 Å². The summed E-state index contributed by atoms with van der Waals surface area (Å²) < 4.78 is 0. The SMILES string of the molecule is N#CC=Cc1ccc(C(=O)CCC(=O)O)s1. The monoisotopic (exact) mass is 235 g/mol. The lowest BCUT2D eigenvalue weighted by Gasteiger charge is -1.93. The molecule has 1 N–H and O–H groups in total. The highest BCUT2D eigenvalue weighted by Crippen LogP contribution is 2.19. The van der Waals surface area contributed by atoms with Crippen molar-refractivity contribution in [2.75, 3.05) is 0 Å². The van der Waals surface area contributed by atoms with Gasteiger partial charge in [0.2, 0.25) is 0 Å². The number of carbonyl (C=O) groups is 2. The van der Waals surface area contributed by atoms with E-state index in [0.717, 1.165) is 4.88 Å². The normalized spacial score (nSPS) is 10.2. The third-order valence-electron chi connectivity index (χ3n) is 1.79. The summed E-state index contributed by atoms with van der Waals surface area (Å²) in [6, 6.07) is 5.23. The Kier molecular flexibility index (Phi) is 4.42. The second-order valence-electron chi connectivity index (χ2n) is 2.98. The molecule has 1 aromatic rings. The number of Topliss-reactive ketones (excluding diaryl/α,β-unsaturated/α-hetero) is 1. The maximum Gasteiger partial charge on any atom is 0.303 e. The number of nitrogens with zero attached hydrogens (tertiary/aromatic N) is 1. The van der Waals surface area contributed by atoms with Gasteiger partial charge in [0.25, 0.3) is 0 Å². The zero-order valence-electron chi connectivity index (χ0n) is 8.34. The molecule has 16 heavy (non-hydrogen) atoms. The summed E-state index contributed by atoms with van der Waals surface area (Å²) in [5.74, 6) is -1.15. The quantitative estimate of drug-likeness (QED) is 0.627. The number of hydrogen-bond donors (Lipinski definition) is 1. The molecule has 0 bridgehead atoms. The van der Waals surface area contributed by atoms with Gasteiger partial charge in [-0.25, -0.2) is 0 Å². The minimum absolute atomic E-state index is 0.0112. The molecule has 0 amide bonds. The molecular formula is C11H9NO3S. The van der Waals surface area contributed by atoms with Crippen molar-refractivity contribution in [1.29, 1.82) is 5.26 Å². The van der Waals surface area contributed by atoms with Crippen LogP contribution in [-0.2, 0) is 4.79 Å². The molecule has 0 saturated heterocycles. The van der Waals surface area contributed by atoms with Gasteiger partial charge in [-0.15, -0.1) is 11.3 Å². The average Bonchev–Trinajstić information content (AvgIpc) is 2.71. The van der Waals surface area contributed by atoms with Crippen LogP contribution in [0.15, 0.2) is 18.2 Å². The van der Waals surface area contributed by atoms with Crippen LogP contribution in [0.3, 0.4) is 0 Å². The van der Waals surface area contributed by atoms with Gasteiger partial charge in [0.15, 0.2) is 5.78 Å². The minimum Gasteiger partial charge on any atom is -0.481 e. The first-order valence-electron chi connectivity index (χ1n) is 4.54. The van der Waals surface area contributed by atoms with Crippen molar-refractivity contribution >= 4 is 29.2 Å². The van der Waals surface area contributed by atoms with Crippen LogP contribution in [0.2, 0.25) is 0 Å². The fourth-order valence-electron chi connectivity index (χ4n) is 1.06. The molecule has 1 rings (SSSR count). The van der Waals surface area contributed by atoms with Gasteiger partial charge in [-0.2, -0.15) is 5.26 Å². The molecule has 1 aromatic heterocycles. The summed E-state index contributed by atoms with van der Waals surface area (Å²) in [4.78, 5) is 23.1. The van der Waals surface area contributed by atoms with Crippen LogP contribution in [0, 0.1) is 11.3 Å². The van der Waals surface area contributed by atoms with Gasteiger partial charge in [0, 0.05) is 17.4 Å². The van der Waals surface area contributed by atoms with E-state index >= 15 is 0 Å². The maximum atomic E-state index is 11.5. The molecule has 0 fully saturated rings. The van der Waals surface area contributed by atoms with Crippen molar-refractivity contribution in [3.05, 3.63) is 28.0 Å². The van der Waals surface area contributed by atoms with Gasteiger partial charge in [-0.1, -0.05) is 0 Å². The second kappa shape index (κ2) is 5.83. The summed E-state index contributed by atoms with van der Waals surface area (Å²) in [6.45, 7) is 0. The third-order valence-corrected chi connectivity index (χ3v) is 2.88. The third kappa shape index (κ3) is 3.67. The van der Waals surface area contributed by atoms with Gasteiger partial charge >= 0.3 is 5.97 Å². The number of thiophene rings is 1. The molecule has 0 aromatic carbocycles. The van der Waals surface area contributed by atoms with Crippen molar-refractivity contribution in [2.45, 2.75) is 12.8 Å². The van der Waals surface area contributed by atoms with Gasteiger partial charge in [-0.3, -0.25) is 9.59 Å². The van der Waals surface area contributed by atoms with E-state index in [4.69, 9.17) is 10.4 Å². The Morgan fingerprint density at radius 2 is 2.19 bits per heavy atom. The van der Waals surface area contributed by atoms with E-state index in [1.54, 1.807) is 18.2 Å². The molecule has 0 aliphatic rings. The first-order chi connectivity index (χ1) is 7.63. The molecule has 0 spiro atoms. The van der Waals surface area contributed by atoms with E-state index in [9.17, 15) is 9.59 Å². The molecule has 0 radical (unpaired) electrons. The Hall–Kier alpha value is -1.93. The highest BCUT2D eigenvalue weighted by Gasteiger charge is 2.10. The van der Waals surface area contributed by atoms with E-state index in [1.807, 2.05) is 6.07 Å². The summed E-state index contributed by atoms with van der Waals surface area (Å²) in [5.41, 5.74) is 0. The van der Waals surface area contributed by atoms with Gasteiger partial charge in [-0.05, 0) is 18.2 Å². The van der Waals surface area contributed by atoms with Crippen molar-refractivity contribution in [3.8, 4) is 6.07 Å².